The van der Waals surface area contributed by atoms with Crippen molar-refractivity contribution in [3.8, 4) is 0 Å². The van der Waals surface area contributed by atoms with E-state index >= 15 is 0 Å². The summed E-state index contributed by atoms with van der Waals surface area (Å²) in [7, 11) is -3.06. The van der Waals surface area contributed by atoms with Crippen LogP contribution in [0.5, 0.6) is 0 Å². The molecule has 1 atom stereocenters. The van der Waals surface area contributed by atoms with Gasteiger partial charge in [-0.05, 0) is 30.5 Å². The van der Waals surface area contributed by atoms with E-state index < -0.39 is 9.84 Å². The summed E-state index contributed by atoms with van der Waals surface area (Å²) in [5.41, 5.74) is 1.08. The van der Waals surface area contributed by atoms with Crippen molar-refractivity contribution in [1.29, 1.82) is 0 Å². The summed E-state index contributed by atoms with van der Waals surface area (Å²) in [6, 6.07) is 7.11. The Bertz CT molecular complexity index is 719. The third kappa shape index (κ3) is 6.32. The lowest BCUT2D eigenvalue weighted by atomic mass is 10.1. The van der Waals surface area contributed by atoms with Gasteiger partial charge in [-0.1, -0.05) is 23.7 Å². The minimum Gasteiger partial charge on any atom is -0.356 e. The lowest BCUT2D eigenvalue weighted by Gasteiger charge is -2.26. The van der Waals surface area contributed by atoms with E-state index in [9.17, 15) is 18.0 Å². The molecule has 1 saturated heterocycles. The lowest BCUT2D eigenvalue weighted by Crippen LogP contribution is -2.42. The predicted molar refractivity (Wildman–Crippen MR) is 97.2 cm³/mol. The van der Waals surface area contributed by atoms with Crippen molar-refractivity contribution in [3.63, 3.8) is 0 Å². The van der Waals surface area contributed by atoms with Crippen molar-refractivity contribution in [2.24, 2.45) is 0 Å². The SMILES string of the molecule is CC(=O)N(CCC(=O)NCCc1ccc(Cl)cc1)C1CCS(=O)(=O)C1. The highest BCUT2D eigenvalue weighted by atomic mass is 35.5. The van der Waals surface area contributed by atoms with Crippen LogP contribution in [0.3, 0.4) is 0 Å². The maximum absolute atomic E-state index is 12.0. The number of nitrogens with one attached hydrogen (secondary N) is 1. The number of carbonyl (C=O) groups is 2. The summed E-state index contributed by atoms with van der Waals surface area (Å²) >= 11 is 5.82. The highest BCUT2D eigenvalue weighted by Gasteiger charge is 2.33. The Morgan fingerprint density at radius 2 is 1.96 bits per heavy atom. The normalized spacial score (nSPS) is 18.7. The van der Waals surface area contributed by atoms with Crippen LogP contribution in [0.2, 0.25) is 5.02 Å². The number of hydrogen-bond acceptors (Lipinski definition) is 4. The van der Waals surface area contributed by atoms with Crippen LogP contribution in [0.1, 0.15) is 25.3 Å². The van der Waals surface area contributed by atoms with Gasteiger partial charge in [0, 0.05) is 37.5 Å². The highest BCUT2D eigenvalue weighted by molar-refractivity contribution is 7.91. The average Bonchev–Trinajstić information content (AvgIpc) is 2.89. The molecule has 138 valence electrons. The van der Waals surface area contributed by atoms with Crippen LogP contribution in [0.15, 0.2) is 24.3 Å². The van der Waals surface area contributed by atoms with E-state index in [4.69, 9.17) is 11.6 Å². The molecule has 1 aromatic carbocycles. The molecule has 2 amide bonds. The van der Waals surface area contributed by atoms with Gasteiger partial charge in [-0.2, -0.15) is 0 Å². The van der Waals surface area contributed by atoms with Crippen LogP contribution in [0, 0.1) is 0 Å². The molecule has 2 rings (SSSR count). The second-order valence-electron chi connectivity index (χ2n) is 6.25. The van der Waals surface area contributed by atoms with E-state index in [-0.39, 0.29) is 42.3 Å². The number of rotatable bonds is 7. The fraction of sp³-hybridized carbons (Fsp3) is 0.529. The van der Waals surface area contributed by atoms with Gasteiger partial charge in [0.2, 0.25) is 11.8 Å². The lowest BCUT2D eigenvalue weighted by molar-refractivity contribution is -0.131. The number of hydrogen-bond donors (Lipinski definition) is 1. The molecule has 1 N–H and O–H groups in total. The van der Waals surface area contributed by atoms with Crippen LogP contribution in [-0.2, 0) is 25.8 Å². The molecule has 1 aromatic rings. The molecular weight excluding hydrogens is 364 g/mol. The van der Waals surface area contributed by atoms with Crippen molar-refractivity contribution in [3.05, 3.63) is 34.9 Å². The van der Waals surface area contributed by atoms with Crippen molar-refractivity contribution in [1.82, 2.24) is 10.2 Å². The van der Waals surface area contributed by atoms with Crippen LogP contribution < -0.4 is 5.32 Å². The standard InChI is InChI=1S/C17H23ClN2O4S/c1-13(21)20(16-8-11-25(23,24)12-16)10-7-17(22)19-9-6-14-2-4-15(18)5-3-14/h2-5,16H,6-12H2,1H3,(H,19,22). The smallest absolute Gasteiger partial charge is 0.221 e. The van der Waals surface area contributed by atoms with Gasteiger partial charge < -0.3 is 10.2 Å². The fourth-order valence-corrected chi connectivity index (χ4v) is 4.78. The fourth-order valence-electron chi connectivity index (χ4n) is 2.93. The van der Waals surface area contributed by atoms with Crippen LogP contribution in [-0.4, -0.2) is 55.8 Å². The molecule has 1 aliphatic heterocycles. The number of nitrogens with zero attached hydrogens (tertiary/aromatic N) is 1. The quantitative estimate of drug-likeness (QED) is 0.768. The third-order valence-corrected chi connectivity index (χ3v) is 6.28. The Labute approximate surface area is 153 Å². The Morgan fingerprint density at radius 1 is 1.28 bits per heavy atom. The summed E-state index contributed by atoms with van der Waals surface area (Å²) in [4.78, 5) is 25.2. The van der Waals surface area contributed by atoms with E-state index in [0.717, 1.165) is 5.56 Å². The Morgan fingerprint density at radius 3 is 2.52 bits per heavy atom. The van der Waals surface area contributed by atoms with Crippen LogP contribution in [0.25, 0.3) is 0 Å². The largest absolute Gasteiger partial charge is 0.356 e. The average molecular weight is 387 g/mol. The van der Waals surface area contributed by atoms with E-state index in [1.807, 2.05) is 12.1 Å². The number of sulfone groups is 1. The molecular formula is C17H23ClN2O4S. The van der Waals surface area contributed by atoms with E-state index in [1.165, 1.54) is 11.8 Å². The molecule has 8 heteroatoms. The second kappa shape index (κ2) is 8.67. The maximum atomic E-state index is 12.0. The first-order chi connectivity index (χ1) is 11.8. The molecule has 0 radical (unpaired) electrons. The summed E-state index contributed by atoms with van der Waals surface area (Å²) < 4.78 is 23.2. The van der Waals surface area contributed by atoms with Gasteiger partial charge in [0.1, 0.15) is 0 Å². The van der Waals surface area contributed by atoms with Gasteiger partial charge in [0.05, 0.1) is 11.5 Å². The van der Waals surface area contributed by atoms with Crippen molar-refractivity contribution in [2.45, 2.75) is 32.2 Å². The van der Waals surface area contributed by atoms with Gasteiger partial charge in [-0.3, -0.25) is 9.59 Å². The third-order valence-electron chi connectivity index (χ3n) is 4.28. The molecule has 25 heavy (non-hydrogen) atoms. The van der Waals surface area contributed by atoms with E-state index in [1.54, 1.807) is 12.1 Å². The summed E-state index contributed by atoms with van der Waals surface area (Å²) in [6.45, 7) is 2.14. The minimum absolute atomic E-state index is 0.00916. The van der Waals surface area contributed by atoms with E-state index in [2.05, 4.69) is 5.32 Å². The molecule has 0 bridgehead atoms. The summed E-state index contributed by atoms with van der Waals surface area (Å²) in [5.74, 6) is -0.253. The molecule has 0 aromatic heterocycles. The van der Waals surface area contributed by atoms with Gasteiger partial charge >= 0.3 is 0 Å². The summed E-state index contributed by atoms with van der Waals surface area (Å²) in [5, 5.41) is 3.49. The van der Waals surface area contributed by atoms with Gasteiger partial charge in [0.25, 0.3) is 0 Å². The zero-order valence-corrected chi connectivity index (χ0v) is 15.8. The predicted octanol–water partition coefficient (Wildman–Crippen LogP) is 1.42. The van der Waals surface area contributed by atoms with Crippen LogP contribution in [0.4, 0.5) is 0 Å². The molecule has 1 unspecified atom stereocenters. The molecule has 1 heterocycles. The molecule has 0 saturated carbocycles. The maximum Gasteiger partial charge on any atom is 0.221 e. The Kier molecular flexibility index (Phi) is 6.84. The first-order valence-electron chi connectivity index (χ1n) is 8.25. The number of halogens is 1. The number of benzene rings is 1. The molecule has 6 nitrogen and oxygen atoms in total. The van der Waals surface area contributed by atoms with Gasteiger partial charge in [-0.25, -0.2) is 8.42 Å². The Hall–Kier alpha value is -1.60. The van der Waals surface area contributed by atoms with Gasteiger partial charge in [0.15, 0.2) is 9.84 Å². The van der Waals surface area contributed by atoms with Gasteiger partial charge in [-0.15, -0.1) is 0 Å². The first kappa shape index (κ1) is 19.7. The first-order valence-corrected chi connectivity index (χ1v) is 10.5. The Balaban J connectivity index is 1.75. The highest BCUT2D eigenvalue weighted by Crippen LogP contribution is 2.18. The topological polar surface area (TPSA) is 83.6 Å². The van der Waals surface area contributed by atoms with Crippen molar-refractivity contribution in [2.75, 3.05) is 24.6 Å². The molecule has 1 aliphatic rings. The molecule has 0 spiro atoms. The van der Waals surface area contributed by atoms with E-state index in [0.29, 0.717) is 24.4 Å². The summed E-state index contributed by atoms with van der Waals surface area (Å²) in [6.07, 6.45) is 1.30. The van der Waals surface area contributed by atoms with Crippen LogP contribution >= 0.6 is 11.6 Å². The zero-order chi connectivity index (χ0) is 18.4. The monoisotopic (exact) mass is 386 g/mol. The second-order valence-corrected chi connectivity index (χ2v) is 8.91. The number of carbonyl (C=O) groups excluding carboxylic acids is 2. The molecule has 0 aliphatic carbocycles. The van der Waals surface area contributed by atoms with Crippen molar-refractivity contribution < 1.29 is 18.0 Å². The van der Waals surface area contributed by atoms with Crippen molar-refractivity contribution >= 4 is 33.3 Å². The molecule has 1 fully saturated rings. The zero-order valence-electron chi connectivity index (χ0n) is 14.2. The minimum atomic E-state index is -3.06. The number of amides is 2.